The van der Waals surface area contributed by atoms with Crippen LogP contribution in [-0.4, -0.2) is 49.4 Å². The lowest BCUT2D eigenvalue weighted by molar-refractivity contribution is 0.150. The molecule has 3 rings (SSSR count). The molecule has 0 spiro atoms. The van der Waals surface area contributed by atoms with Crippen molar-refractivity contribution in [3.63, 3.8) is 0 Å². The van der Waals surface area contributed by atoms with Crippen molar-refractivity contribution in [3.8, 4) is 5.69 Å². The van der Waals surface area contributed by atoms with Gasteiger partial charge in [-0.15, -0.1) is 5.10 Å². The minimum absolute atomic E-state index is 0.191. The highest BCUT2D eigenvalue weighted by molar-refractivity contribution is 9.10. The fourth-order valence-corrected chi connectivity index (χ4v) is 3.06. The molecule has 0 amide bonds. The molecule has 0 radical (unpaired) electrons. The van der Waals surface area contributed by atoms with Gasteiger partial charge in [0.1, 0.15) is 0 Å². The Bertz CT molecular complexity index is 588. The molecule has 2 aromatic rings. The molecule has 0 saturated carbocycles. The number of rotatable bonds is 4. The molecular formula is C13H16BrN5O. The van der Waals surface area contributed by atoms with E-state index >= 15 is 0 Å². The Balaban J connectivity index is 1.86. The molecular weight excluding hydrogens is 322 g/mol. The number of halogens is 1. The van der Waals surface area contributed by atoms with Crippen molar-refractivity contribution in [1.29, 1.82) is 0 Å². The molecule has 7 heteroatoms. The van der Waals surface area contributed by atoms with Crippen LogP contribution in [-0.2, 0) is 6.54 Å². The topological polar surface area (TPSA) is 67.1 Å². The van der Waals surface area contributed by atoms with Gasteiger partial charge in [0, 0.05) is 10.5 Å². The standard InChI is InChI=1S/C13H16BrN5O/c14-11-5-1-2-6-12(11)19-13(15-16-17-19)8-18-7-3-4-10(18)9-20/h1-2,5-6,10,20H,3-4,7-9H2/t10-/m1/s1. The van der Waals surface area contributed by atoms with Gasteiger partial charge in [0.05, 0.1) is 18.8 Å². The number of benzene rings is 1. The summed E-state index contributed by atoms with van der Waals surface area (Å²) >= 11 is 3.52. The van der Waals surface area contributed by atoms with Gasteiger partial charge >= 0.3 is 0 Å². The third-order valence-corrected chi connectivity index (χ3v) is 4.34. The molecule has 20 heavy (non-hydrogen) atoms. The fourth-order valence-electron chi connectivity index (χ4n) is 2.61. The van der Waals surface area contributed by atoms with Crippen LogP contribution in [0.2, 0.25) is 0 Å². The lowest BCUT2D eigenvalue weighted by Gasteiger charge is -2.21. The van der Waals surface area contributed by atoms with Crippen LogP contribution in [0.5, 0.6) is 0 Å². The van der Waals surface area contributed by atoms with Gasteiger partial charge in [-0.2, -0.15) is 4.68 Å². The van der Waals surface area contributed by atoms with Crippen LogP contribution in [0, 0.1) is 0 Å². The molecule has 0 bridgehead atoms. The zero-order valence-electron chi connectivity index (χ0n) is 11.0. The maximum absolute atomic E-state index is 9.39. The van der Waals surface area contributed by atoms with Gasteiger partial charge in [-0.25, -0.2) is 0 Å². The normalized spacial score (nSPS) is 19.6. The Hall–Kier alpha value is -1.31. The van der Waals surface area contributed by atoms with E-state index in [4.69, 9.17) is 0 Å². The third-order valence-electron chi connectivity index (χ3n) is 3.67. The van der Waals surface area contributed by atoms with Gasteiger partial charge in [-0.3, -0.25) is 4.90 Å². The summed E-state index contributed by atoms with van der Waals surface area (Å²) in [5, 5.41) is 21.4. The van der Waals surface area contributed by atoms with Crippen LogP contribution in [0.15, 0.2) is 28.7 Å². The number of aromatic nitrogens is 4. The summed E-state index contributed by atoms with van der Waals surface area (Å²) in [6.45, 7) is 1.82. The highest BCUT2D eigenvalue weighted by Crippen LogP contribution is 2.23. The summed E-state index contributed by atoms with van der Waals surface area (Å²) in [5.41, 5.74) is 0.923. The van der Waals surface area contributed by atoms with Gasteiger partial charge in [0.2, 0.25) is 0 Å². The second-order valence-corrected chi connectivity index (χ2v) is 5.76. The molecule has 1 saturated heterocycles. The first-order valence-electron chi connectivity index (χ1n) is 6.66. The zero-order valence-corrected chi connectivity index (χ0v) is 12.6. The molecule has 0 aliphatic carbocycles. The summed E-state index contributed by atoms with van der Waals surface area (Å²) < 4.78 is 2.70. The Morgan fingerprint density at radius 2 is 2.20 bits per heavy atom. The van der Waals surface area contributed by atoms with E-state index < -0.39 is 0 Å². The van der Waals surface area contributed by atoms with Crippen LogP contribution in [0.1, 0.15) is 18.7 Å². The van der Waals surface area contributed by atoms with Crippen molar-refractivity contribution in [1.82, 2.24) is 25.1 Å². The molecule has 2 heterocycles. The van der Waals surface area contributed by atoms with E-state index in [2.05, 4.69) is 36.4 Å². The first kappa shape index (κ1) is 13.7. The second-order valence-electron chi connectivity index (χ2n) is 4.91. The van der Waals surface area contributed by atoms with Crippen molar-refractivity contribution in [2.24, 2.45) is 0 Å². The van der Waals surface area contributed by atoms with Gasteiger partial charge in [0.25, 0.3) is 0 Å². The van der Waals surface area contributed by atoms with Gasteiger partial charge < -0.3 is 5.11 Å². The average molecular weight is 338 g/mol. The number of nitrogens with zero attached hydrogens (tertiary/aromatic N) is 5. The lowest BCUT2D eigenvalue weighted by atomic mass is 10.2. The highest BCUT2D eigenvalue weighted by Gasteiger charge is 2.25. The number of para-hydroxylation sites is 1. The minimum Gasteiger partial charge on any atom is -0.395 e. The predicted octanol–water partition coefficient (Wildman–Crippen LogP) is 1.38. The molecule has 1 atom stereocenters. The van der Waals surface area contributed by atoms with Crippen molar-refractivity contribution in [3.05, 3.63) is 34.6 Å². The summed E-state index contributed by atoms with van der Waals surface area (Å²) in [5.74, 6) is 0.789. The fraction of sp³-hybridized carbons (Fsp3) is 0.462. The van der Waals surface area contributed by atoms with Gasteiger partial charge in [-0.1, -0.05) is 12.1 Å². The lowest BCUT2D eigenvalue weighted by Crippen LogP contribution is -2.32. The molecule has 1 aliphatic heterocycles. The van der Waals surface area contributed by atoms with Crippen LogP contribution >= 0.6 is 15.9 Å². The first-order chi connectivity index (χ1) is 9.79. The smallest absolute Gasteiger partial charge is 0.170 e. The molecule has 1 fully saturated rings. The summed E-state index contributed by atoms with van der Waals surface area (Å²) in [7, 11) is 0. The van der Waals surface area contributed by atoms with E-state index in [0.717, 1.165) is 35.4 Å². The van der Waals surface area contributed by atoms with Crippen molar-refractivity contribution in [2.75, 3.05) is 13.2 Å². The molecule has 1 N–H and O–H groups in total. The number of aliphatic hydroxyl groups is 1. The maximum atomic E-state index is 9.39. The monoisotopic (exact) mass is 337 g/mol. The zero-order chi connectivity index (χ0) is 13.9. The molecule has 6 nitrogen and oxygen atoms in total. The maximum Gasteiger partial charge on any atom is 0.170 e. The highest BCUT2D eigenvalue weighted by atomic mass is 79.9. The molecule has 1 aliphatic rings. The number of aliphatic hydroxyl groups excluding tert-OH is 1. The van der Waals surface area contributed by atoms with E-state index in [1.807, 2.05) is 24.3 Å². The van der Waals surface area contributed by atoms with E-state index in [9.17, 15) is 5.11 Å². The van der Waals surface area contributed by atoms with Crippen LogP contribution < -0.4 is 0 Å². The van der Waals surface area contributed by atoms with E-state index in [1.165, 1.54) is 0 Å². The second kappa shape index (κ2) is 5.99. The summed E-state index contributed by atoms with van der Waals surface area (Å²) in [6, 6.07) is 8.07. The Labute approximate surface area is 125 Å². The first-order valence-corrected chi connectivity index (χ1v) is 7.46. The number of likely N-dealkylation sites (tertiary alicyclic amines) is 1. The van der Waals surface area contributed by atoms with Crippen LogP contribution in [0.3, 0.4) is 0 Å². The van der Waals surface area contributed by atoms with Crippen molar-refractivity contribution >= 4 is 15.9 Å². The van der Waals surface area contributed by atoms with Gasteiger partial charge in [-0.05, 0) is 57.9 Å². The number of tetrazole rings is 1. The van der Waals surface area contributed by atoms with Crippen LogP contribution in [0.25, 0.3) is 5.69 Å². The largest absolute Gasteiger partial charge is 0.395 e. The van der Waals surface area contributed by atoms with Crippen molar-refractivity contribution < 1.29 is 5.11 Å². The third kappa shape index (κ3) is 2.61. The minimum atomic E-state index is 0.191. The quantitative estimate of drug-likeness (QED) is 0.912. The Morgan fingerprint density at radius 3 is 3.00 bits per heavy atom. The number of hydrogen-bond donors (Lipinski definition) is 1. The summed E-state index contributed by atoms with van der Waals surface area (Å²) in [4.78, 5) is 2.24. The Kier molecular flexibility index (Phi) is 4.09. The predicted molar refractivity (Wildman–Crippen MR) is 77.4 cm³/mol. The molecule has 106 valence electrons. The average Bonchev–Trinajstić information content (AvgIpc) is 3.09. The molecule has 1 aromatic heterocycles. The molecule has 0 unspecified atom stereocenters. The van der Waals surface area contributed by atoms with Gasteiger partial charge in [0.15, 0.2) is 5.82 Å². The number of hydrogen-bond acceptors (Lipinski definition) is 5. The van der Waals surface area contributed by atoms with Crippen molar-refractivity contribution in [2.45, 2.75) is 25.4 Å². The van der Waals surface area contributed by atoms with E-state index in [-0.39, 0.29) is 12.6 Å². The SMILES string of the molecule is OC[C@H]1CCCN1Cc1nnnn1-c1ccccc1Br. The molecule has 1 aromatic carbocycles. The van der Waals surface area contributed by atoms with E-state index in [0.29, 0.717) is 6.54 Å². The summed E-state index contributed by atoms with van der Waals surface area (Å²) in [6.07, 6.45) is 2.15. The van der Waals surface area contributed by atoms with Crippen LogP contribution in [0.4, 0.5) is 0 Å². The Morgan fingerprint density at radius 1 is 1.35 bits per heavy atom. The van der Waals surface area contributed by atoms with E-state index in [1.54, 1.807) is 4.68 Å².